The van der Waals surface area contributed by atoms with Gasteiger partial charge in [-0.1, -0.05) is 26.0 Å². The van der Waals surface area contributed by atoms with Crippen LogP contribution in [0.1, 0.15) is 70.3 Å². The van der Waals surface area contributed by atoms with Gasteiger partial charge in [0, 0.05) is 24.1 Å². The zero-order chi connectivity index (χ0) is 24.6. The molecule has 0 saturated carbocycles. The fourth-order valence-electron chi connectivity index (χ4n) is 3.69. The quantitative estimate of drug-likeness (QED) is 0.529. The van der Waals surface area contributed by atoms with Crippen LogP contribution in [0.5, 0.6) is 5.75 Å². The van der Waals surface area contributed by atoms with Crippen LogP contribution in [0.2, 0.25) is 0 Å². The standard InChI is InChI=1S/C26H33N3O4/c1-7-17(8-2)24(30)22(14-18-10-9-11-19(16-27)28-18)21-13-12-20(32-6)15-23(21)29-25(31)33-26(3,4)5/h9-13,15,17,22H,7-8,14H2,1-6H3,(H,29,31). The summed E-state index contributed by atoms with van der Waals surface area (Å²) in [5, 5.41) is 12.0. The first-order valence-corrected chi connectivity index (χ1v) is 11.2. The third kappa shape index (κ3) is 7.31. The van der Waals surface area contributed by atoms with Crippen LogP contribution in [0.3, 0.4) is 0 Å². The molecule has 0 aliphatic heterocycles. The monoisotopic (exact) mass is 451 g/mol. The number of amides is 1. The van der Waals surface area contributed by atoms with Crippen LogP contribution >= 0.6 is 0 Å². The lowest BCUT2D eigenvalue weighted by Gasteiger charge is -2.25. The highest BCUT2D eigenvalue weighted by atomic mass is 16.6. The lowest BCUT2D eigenvalue weighted by Crippen LogP contribution is -2.29. The number of nitrogens with zero attached hydrogens (tertiary/aromatic N) is 2. The minimum Gasteiger partial charge on any atom is -0.497 e. The highest BCUT2D eigenvalue weighted by molar-refractivity contribution is 5.93. The van der Waals surface area contributed by atoms with E-state index in [1.165, 1.54) is 7.11 Å². The number of hydrogen-bond donors (Lipinski definition) is 1. The van der Waals surface area contributed by atoms with Gasteiger partial charge in [0.1, 0.15) is 28.9 Å². The number of nitrogens with one attached hydrogen (secondary N) is 1. The first kappa shape index (κ1) is 25.9. The van der Waals surface area contributed by atoms with E-state index in [-0.39, 0.29) is 11.7 Å². The van der Waals surface area contributed by atoms with Crippen molar-refractivity contribution in [2.45, 2.75) is 65.4 Å². The molecule has 0 radical (unpaired) electrons. The number of aromatic nitrogens is 1. The van der Waals surface area contributed by atoms with Gasteiger partial charge in [0.05, 0.1) is 18.7 Å². The molecule has 1 aromatic carbocycles. The number of ether oxygens (including phenoxy) is 2. The Labute approximate surface area is 196 Å². The number of rotatable bonds is 9. The predicted octanol–water partition coefficient (Wildman–Crippen LogP) is 5.64. The van der Waals surface area contributed by atoms with Crippen molar-refractivity contribution in [2.24, 2.45) is 5.92 Å². The number of hydrogen-bond acceptors (Lipinski definition) is 6. The number of carbonyl (C=O) groups excluding carboxylic acids is 2. The van der Waals surface area contributed by atoms with E-state index in [2.05, 4.69) is 10.3 Å². The average Bonchev–Trinajstić information content (AvgIpc) is 2.77. The normalized spacial score (nSPS) is 12.1. The molecule has 2 aromatic rings. The molecule has 7 nitrogen and oxygen atoms in total. The van der Waals surface area contributed by atoms with Crippen molar-refractivity contribution in [3.8, 4) is 11.8 Å². The van der Waals surface area contributed by atoms with E-state index < -0.39 is 17.6 Å². The zero-order valence-electron chi connectivity index (χ0n) is 20.3. The number of pyridine rings is 1. The largest absolute Gasteiger partial charge is 0.497 e. The predicted molar refractivity (Wildman–Crippen MR) is 127 cm³/mol. The molecule has 0 bridgehead atoms. The highest BCUT2D eigenvalue weighted by Gasteiger charge is 2.30. The molecule has 2 rings (SSSR count). The molecular formula is C26H33N3O4. The second-order valence-electron chi connectivity index (χ2n) is 8.88. The summed E-state index contributed by atoms with van der Waals surface area (Å²) < 4.78 is 10.8. The first-order chi connectivity index (χ1) is 15.6. The van der Waals surface area contributed by atoms with Gasteiger partial charge >= 0.3 is 6.09 Å². The number of methoxy groups -OCH3 is 1. The molecule has 1 amide bonds. The van der Waals surface area contributed by atoms with E-state index in [1.54, 1.807) is 57.2 Å². The Bertz CT molecular complexity index is 1020. The molecule has 1 aromatic heterocycles. The SMILES string of the molecule is CCC(CC)C(=O)C(Cc1cccc(C#N)n1)c1ccc(OC)cc1NC(=O)OC(C)(C)C. The van der Waals surface area contributed by atoms with Gasteiger partial charge in [-0.15, -0.1) is 0 Å². The molecule has 1 heterocycles. The van der Waals surface area contributed by atoms with Crippen LogP contribution in [-0.2, 0) is 16.0 Å². The zero-order valence-corrected chi connectivity index (χ0v) is 20.3. The fraction of sp³-hybridized carbons (Fsp3) is 0.462. The number of Topliss-reactive ketones (excluding diaryl/α,β-unsaturated/α-hetero) is 1. The van der Waals surface area contributed by atoms with Crippen LogP contribution in [0, 0.1) is 17.2 Å². The molecule has 1 atom stereocenters. The summed E-state index contributed by atoms with van der Waals surface area (Å²) in [6.45, 7) is 9.34. The number of ketones is 1. The number of anilines is 1. The van der Waals surface area contributed by atoms with Crippen molar-refractivity contribution >= 4 is 17.6 Å². The van der Waals surface area contributed by atoms with Gasteiger partial charge in [-0.25, -0.2) is 9.78 Å². The Kier molecular flexibility index (Phi) is 8.98. The van der Waals surface area contributed by atoms with E-state index in [0.29, 0.717) is 47.7 Å². The Morgan fingerprint density at radius 3 is 2.42 bits per heavy atom. The summed E-state index contributed by atoms with van der Waals surface area (Å²) >= 11 is 0. The Morgan fingerprint density at radius 1 is 1.15 bits per heavy atom. The van der Waals surface area contributed by atoms with Crippen LogP contribution in [0.25, 0.3) is 0 Å². The van der Waals surface area contributed by atoms with Gasteiger partial charge in [-0.05, 0) is 57.4 Å². The fourth-order valence-corrected chi connectivity index (χ4v) is 3.69. The minimum atomic E-state index is -0.671. The van der Waals surface area contributed by atoms with Crippen molar-refractivity contribution in [2.75, 3.05) is 12.4 Å². The molecule has 0 fully saturated rings. The van der Waals surface area contributed by atoms with Crippen molar-refractivity contribution < 1.29 is 19.1 Å². The maximum absolute atomic E-state index is 13.6. The van der Waals surface area contributed by atoms with Gasteiger partial charge in [0.2, 0.25) is 0 Å². The van der Waals surface area contributed by atoms with Crippen LogP contribution < -0.4 is 10.1 Å². The maximum atomic E-state index is 13.6. The van der Waals surface area contributed by atoms with E-state index in [1.807, 2.05) is 19.9 Å². The van der Waals surface area contributed by atoms with Gasteiger partial charge in [-0.3, -0.25) is 10.1 Å². The Morgan fingerprint density at radius 2 is 1.85 bits per heavy atom. The van der Waals surface area contributed by atoms with Crippen molar-refractivity contribution in [1.82, 2.24) is 4.98 Å². The second kappa shape index (κ2) is 11.5. The number of nitriles is 1. The average molecular weight is 452 g/mol. The molecule has 7 heteroatoms. The molecule has 0 spiro atoms. The maximum Gasteiger partial charge on any atom is 0.412 e. The highest BCUT2D eigenvalue weighted by Crippen LogP contribution is 2.34. The first-order valence-electron chi connectivity index (χ1n) is 11.2. The summed E-state index contributed by atoms with van der Waals surface area (Å²) in [5.74, 6) is -0.0810. The van der Waals surface area contributed by atoms with Crippen molar-refractivity contribution in [3.05, 3.63) is 53.3 Å². The molecular weight excluding hydrogens is 418 g/mol. The van der Waals surface area contributed by atoms with Gasteiger partial charge in [0.25, 0.3) is 0 Å². The summed E-state index contributed by atoms with van der Waals surface area (Å²) in [6.07, 6.45) is 1.11. The summed E-state index contributed by atoms with van der Waals surface area (Å²) in [7, 11) is 1.54. The summed E-state index contributed by atoms with van der Waals surface area (Å²) in [5.41, 5.74) is 1.36. The van der Waals surface area contributed by atoms with E-state index in [0.717, 1.165) is 0 Å². The van der Waals surface area contributed by atoms with Gasteiger partial charge in [0.15, 0.2) is 0 Å². The Hall–Kier alpha value is -3.40. The van der Waals surface area contributed by atoms with Crippen molar-refractivity contribution in [3.63, 3.8) is 0 Å². The van der Waals surface area contributed by atoms with E-state index in [4.69, 9.17) is 9.47 Å². The molecule has 33 heavy (non-hydrogen) atoms. The number of benzene rings is 1. The summed E-state index contributed by atoms with van der Waals surface area (Å²) in [4.78, 5) is 30.5. The second-order valence-corrected chi connectivity index (χ2v) is 8.88. The van der Waals surface area contributed by atoms with E-state index in [9.17, 15) is 14.9 Å². The lowest BCUT2D eigenvalue weighted by molar-refractivity contribution is -0.124. The van der Waals surface area contributed by atoms with Crippen LogP contribution in [0.4, 0.5) is 10.5 Å². The molecule has 176 valence electrons. The number of carbonyl (C=O) groups is 2. The third-order valence-electron chi connectivity index (χ3n) is 5.34. The topological polar surface area (TPSA) is 101 Å². The van der Waals surface area contributed by atoms with Crippen LogP contribution in [0.15, 0.2) is 36.4 Å². The van der Waals surface area contributed by atoms with Gasteiger partial charge in [-0.2, -0.15) is 5.26 Å². The smallest absolute Gasteiger partial charge is 0.412 e. The lowest BCUT2D eigenvalue weighted by atomic mass is 9.81. The molecule has 0 saturated heterocycles. The molecule has 0 aliphatic rings. The Balaban J connectivity index is 2.55. The molecule has 1 N–H and O–H groups in total. The van der Waals surface area contributed by atoms with Crippen molar-refractivity contribution in [1.29, 1.82) is 5.26 Å². The van der Waals surface area contributed by atoms with Crippen LogP contribution in [-0.4, -0.2) is 29.6 Å². The van der Waals surface area contributed by atoms with Gasteiger partial charge < -0.3 is 9.47 Å². The van der Waals surface area contributed by atoms with E-state index >= 15 is 0 Å². The minimum absolute atomic E-state index is 0.0709. The molecule has 1 unspecified atom stereocenters. The molecule has 0 aliphatic carbocycles. The third-order valence-corrected chi connectivity index (χ3v) is 5.34. The summed E-state index contributed by atoms with van der Waals surface area (Å²) in [6, 6.07) is 12.5.